The number of aliphatic carboxylic acids is 1. The van der Waals surface area contributed by atoms with Gasteiger partial charge in [0.1, 0.15) is 5.54 Å². The van der Waals surface area contributed by atoms with E-state index in [1.54, 1.807) is 7.11 Å². The summed E-state index contributed by atoms with van der Waals surface area (Å²) in [4.78, 5) is 11.5. The molecule has 3 unspecified atom stereocenters. The summed E-state index contributed by atoms with van der Waals surface area (Å²) in [6, 6.07) is 0.228. The third kappa shape index (κ3) is 2.95. The lowest BCUT2D eigenvalue weighted by atomic mass is 9.79. The molecule has 1 aliphatic carbocycles. The first kappa shape index (κ1) is 13.5. The number of carboxylic acid groups (broad SMARTS) is 1. The van der Waals surface area contributed by atoms with Crippen molar-refractivity contribution >= 4 is 5.97 Å². The smallest absolute Gasteiger partial charge is 0.324 e. The summed E-state index contributed by atoms with van der Waals surface area (Å²) in [5, 5.41) is 12.7. The predicted octanol–water partition coefficient (Wildman–Crippen LogP) is 1.79. The summed E-state index contributed by atoms with van der Waals surface area (Å²) in [7, 11) is 1.66. The molecule has 0 heterocycles. The molecule has 3 atom stereocenters. The number of rotatable bonds is 5. The maximum atomic E-state index is 11.5. The first-order valence-corrected chi connectivity index (χ1v) is 6.08. The van der Waals surface area contributed by atoms with Crippen molar-refractivity contribution in [3.8, 4) is 0 Å². The van der Waals surface area contributed by atoms with Crippen molar-refractivity contribution in [2.45, 2.75) is 63.6 Å². The molecular formula is C12H23NO3. The standard InChI is InChI=1S/C12H23NO3/c1-4-9(2)13-12(11(14)15)7-5-6-10(8-12)16-3/h9-10,13H,4-8H2,1-3H3,(H,14,15). The number of hydrogen-bond donors (Lipinski definition) is 2. The zero-order valence-electron chi connectivity index (χ0n) is 10.5. The van der Waals surface area contributed by atoms with Crippen LogP contribution in [0.3, 0.4) is 0 Å². The average Bonchev–Trinajstić information content (AvgIpc) is 2.28. The lowest BCUT2D eigenvalue weighted by molar-refractivity contribution is -0.149. The lowest BCUT2D eigenvalue weighted by Crippen LogP contribution is -2.58. The van der Waals surface area contributed by atoms with Crippen molar-refractivity contribution in [3.05, 3.63) is 0 Å². The van der Waals surface area contributed by atoms with E-state index in [0.29, 0.717) is 12.8 Å². The molecule has 0 spiro atoms. The van der Waals surface area contributed by atoms with E-state index >= 15 is 0 Å². The van der Waals surface area contributed by atoms with Crippen molar-refractivity contribution in [2.24, 2.45) is 0 Å². The highest BCUT2D eigenvalue weighted by Crippen LogP contribution is 2.31. The van der Waals surface area contributed by atoms with Crippen LogP contribution in [0.15, 0.2) is 0 Å². The summed E-state index contributed by atoms with van der Waals surface area (Å²) in [5.41, 5.74) is -0.783. The second kappa shape index (κ2) is 5.64. The number of methoxy groups -OCH3 is 1. The molecule has 4 heteroatoms. The summed E-state index contributed by atoms with van der Waals surface area (Å²) >= 11 is 0. The SMILES string of the molecule is CCC(C)NC1(C(=O)O)CCCC(OC)C1. The Morgan fingerprint density at radius 2 is 2.38 bits per heavy atom. The van der Waals surface area contributed by atoms with Crippen LogP contribution in [0.5, 0.6) is 0 Å². The van der Waals surface area contributed by atoms with E-state index in [2.05, 4.69) is 12.2 Å². The van der Waals surface area contributed by atoms with Crippen LogP contribution in [0.1, 0.15) is 46.0 Å². The Morgan fingerprint density at radius 3 is 2.88 bits per heavy atom. The van der Waals surface area contributed by atoms with Gasteiger partial charge in [0.2, 0.25) is 0 Å². The van der Waals surface area contributed by atoms with Gasteiger partial charge in [-0.05, 0) is 32.6 Å². The summed E-state index contributed by atoms with van der Waals surface area (Å²) in [6.07, 6.45) is 4.16. The molecule has 1 saturated carbocycles. The van der Waals surface area contributed by atoms with Gasteiger partial charge < -0.3 is 9.84 Å². The van der Waals surface area contributed by atoms with Crippen molar-refractivity contribution in [2.75, 3.05) is 7.11 Å². The van der Waals surface area contributed by atoms with Crippen molar-refractivity contribution in [3.63, 3.8) is 0 Å². The lowest BCUT2D eigenvalue weighted by Gasteiger charge is -2.39. The Hall–Kier alpha value is -0.610. The second-order valence-electron chi connectivity index (χ2n) is 4.79. The van der Waals surface area contributed by atoms with Crippen LogP contribution >= 0.6 is 0 Å². The Bertz CT molecular complexity index is 240. The Kier molecular flexibility index (Phi) is 4.74. The maximum Gasteiger partial charge on any atom is 0.324 e. The topological polar surface area (TPSA) is 58.6 Å². The highest BCUT2D eigenvalue weighted by molar-refractivity contribution is 5.79. The fourth-order valence-electron chi connectivity index (χ4n) is 2.39. The zero-order valence-corrected chi connectivity index (χ0v) is 10.5. The van der Waals surface area contributed by atoms with Gasteiger partial charge in [-0.25, -0.2) is 0 Å². The molecule has 1 aliphatic rings. The van der Waals surface area contributed by atoms with E-state index in [1.165, 1.54) is 0 Å². The molecule has 0 radical (unpaired) electrons. The molecular weight excluding hydrogens is 206 g/mol. The number of carboxylic acids is 1. The number of carbonyl (C=O) groups is 1. The summed E-state index contributed by atoms with van der Waals surface area (Å²) < 4.78 is 5.31. The summed E-state index contributed by atoms with van der Waals surface area (Å²) in [6.45, 7) is 4.09. The van der Waals surface area contributed by atoms with Crippen LogP contribution in [0, 0.1) is 0 Å². The maximum absolute atomic E-state index is 11.5. The molecule has 2 N–H and O–H groups in total. The van der Waals surface area contributed by atoms with E-state index in [9.17, 15) is 9.90 Å². The minimum atomic E-state index is -0.783. The van der Waals surface area contributed by atoms with Crippen LogP contribution in [0.2, 0.25) is 0 Å². The highest BCUT2D eigenvalue weighted by Gasteiger charge is 2.43. The van der Waals surface area contributed by atoms with Gasteiger partial charge in [-0.1, -0.05) is 6.92 Å². The van der Waals surface area contributed by atoms with Crippen molar-refractivity contribution in [1.29, 1.82) is 0 Å². The van der Waals surface area contributed by atoms with Gasteiger partial charge in [-0.3, -0.25) is 10.1 Å². The van der Waals surface area contributed by atoms with Crippen LogP contribution in [0.4, 0.5) is 0 Å². The Labute approximate surface area is 97.4 Å². The van der Waals surface area contributed by atoms with E-state index < -0.39 is 11.5 Å². The van der Waals surface area contributed by atoms with E-state index in [1.807, 2.05) is 6.92 Å². The third-order valence-corrected chi connectivity index (χ3v) is 3.58. The molecule has 0 aliphatic heterocycles. The molecule has 4 nitrogen and oxygen atoms in total. The Morgan fingerprint density at radius 1 is 1.69 bits per heavy atom. The first-order chi connectivity index (χ1) is 7.54. The number of hydrogen-bond acceptors (Lipinski definition) is 3. The largest absolute Gasteiger partial charge is 0.480 e. The molecule has 0 saturated heterocycles. The van der Waals surface area contributed by atoms with Crippen LogP contribution in [-0.2, 0) is 9.53 Å². The van der Waals surface area contributed by atoms with Gasteiger partial charge in [-0.15, -0.1) is 0 Å². The minimum absolute atomic E-state index is 0.0707. The predicted molar refractivity (Wildman–Crippen MR) is 62.5 cm³/mol. The van der Waals surface area contributed by atoms with Gasteiger partial charge in [-0.2, -0.15) is 0 Å². The monoisotopic (exact) mass is 229 g/mol. The average molecular weight is 229 g/mol. The molecule has 0 aromatic heterocycles. The van der Waals surface area contributed by atoms with Crippen molar-refractivity contribution in [1.82, 2.24) is 5.32 Å². The van der Waals surface area contributed by atoms with E-state index in [4.69, 9.17) is 4.74 Å². The van der Waals surface area contributed by atoms with Gasteiger partial charge in [0.05, 0.1) is 6.10 Å². The van der Waals surface area contributed by atoms with E-state index in [-0.39, 0.29) is 12.1 Å². The normalized spacial score (nSPS) is 32.3. The second-order valence-corrected chi connectivity index (χ2v) is 4.79. The quantitative estimate of drug-likeness (QED) is 0.754. The van der Waals surface area contributed by atoms with Crippen LogP contribution < -0.4 is 5.32 Å². The molecule has 0 aromatic carbocycles. The first-order valence-electron chi connectivity index (χ1n) is 6.08. The molecule has 16 heavy (non-hydrogen) atoms. The third-order valence-electron chi connectivity index (χ3n) is 3.58. The fraction of sp³-hybridized carbons (Fsp3) is 0.917. The van der Waals surface area contributed by atoms with Crippen LogP contribution in [-0.4, -0.2) is 35.9 Å². The van der Waals surface area contributed by atoms with Gasteiger partial charge in [0.15, 0.2) is 0 Å². The Balaban J connectivity index is 2.75. The van der Waals surface area contributed by atoms with Crippen molar-refractivity contribution < 1.29 is 14.6 Å². The minimum Gasteiger partial charge on any atom is -0.480 e. The summed E-state index contributed by atoms with van der Waals surface area (Å²) in [5.74, 6) is -0.741. The molecule has 0 aromatic rings. The van der Waals surface area contributed by atoms with Crippen LogP contribution in [0.25, 0.3) is 0 Å². The van der Waals surface area contributed by atoms with Gasteiger partial charge >= 0.3 is 5.97 Å². The molecule has 0 amide bonds. The number of ether oxygens (including phenoxy) is 1. The zero-order chi connectivity index (χ0) is 12.2. The molecule has 1 rings (SSSR count). The number of nitrogens with one attached hydrogen (secondary N) is 1. The van der Waals surface area contributed by atoms with Gasteiger partial charge in [0.25, 0.3) is 0 Å². The van der Waals surface area contributed by atoms with Gasteiger partial charge in [0, 0.05) is 19.6 Å². The highest BCUT2D eigenvalue weighted by atomic mass is 16.5. The van der Waals surface area contributed by atoms with E-state index in [0.717, 1.165) is 19.3 Å². The fourth-order valence-corrected chi connectivity index (χ4v) is 2.39. The molecule has 94 valence electrons. The molecule has 0 bridgehead atoms. The molecule has 1 fully saturated rings.